The molecule has 0 radical (unpaired) electrons. The maximum atomic E-state index is 10.9. The first-order valence-corrected chi connectivity index (χ1v) is 9.08. The minimum absolute atomic E-state index is 0.119. The zero-order valence-electron chi connectivity index (χ0n) is 14.8. The van der Waals surface area contributed by atoms with Gasteiger partial charge in [0.25, 0.3) is 0 Å². The molecule has 0 bridgehead atoms. The molecule has 2 rings (SSSR count). The molecule has 0 amide bonds. The first kappa shape index (κ1) is 19.3. The summed E-state index contributed by atoms with van der Waals surface area (Å²) in [5.41, 5.74) is 0. The summed E-state index contributed by atoms with van der Waals surface area (Å²) in [5, 5.41) is 0. The Bertz CT molecular complexity index is 505. The van der Waals surface area contributed by atoms with Gasteiger partial charge in [-0.3, -0.25) is 0 Å². The second kappa shape index (κ2) is 11.5. The van der Waals surface area contributed by atoms with Gasteiger partial charge >= 0.3 is 5.97 Å². The van der Waals surface area contributed by atoms with Gasteiger partial charge < -0.3 is 18.9 Å². The number of carbonyl (C=O) groups excluding carboxylic acids is 1. The highest BCUT2D eigenvalue weighted by molar-refractivity contribution is 5.81. The number of rotatable bonds is 11. The SMILES string of the molecule is C=CC(=O)OCCCCCCOc1ccc(OC2CCCCO2)cc1. The summed E-state index contributed by atoms with van der Waals surface area (Å²) in [6.07, 6.45) is 8.20. The van der Waals surface area contributed by atoms with E-state index in [1.54, 1.807) is 0 Å². The molecular weight excluding hydrogens is 320 g/mol. The van der Waals surface area contributed by atoms with Crippen molar-refractivity contribution in [3.8, 4) is 11.5 Å². The van der Waals surface area contributed by atoms with E-state index in [1.807, 2.05) is 24.3 Å². The minimum Gasteiger partial charge on any atom is -0.494 e. The van der Waals surface area contributed by atoms with Crippen LogP contribution >= 0.6 is 0 Å². The zero-order chi connectivity index (χ0) is 17.7. The lowest BCUT2D eigenvalue weighted by Gasteiger charge is -2.23. The first-order valence-electron chi connectivity index (χ1n) is 9.08. The molecule has 1 aliphatic heterocycles. The van der Waals surface area contributed by atoms with Crippen LogP contribution in [0.1, 0.15) is 44.9 Å². The van der Waals surface area contributed by atoms with Crippen molar-refractivity contribution in [2.75, 3.05) is 19.8 Å². The largest absolute Gasteiger partial charge is 0.494 e. The van der Waals surface area contributed by atoms with Gasteiger partial charge in [-0.2, -0.15) is 0 Å². The van der Waals surface area contributed by atoms with Crippen LogP contribution < -0.4 is 9.47 Å². The maximum Gasteiger partial charge on any atom is 0.330 e. The highest BCUT2D eigenvalue weighted by Crippen LogP contribution is 2.22. The predicted molar refractivity (Wildman–Crippen MR) is 95.8 cm³/mol. The van der Waals surface area contributed by atoms with Crippen LogP contribution in [0.25, 0.3) is 0 Å². The van der Waals surface area contributed by atoms with Gasteiger partial charge in [0.05, 0.1) is 19.8 Å². The summed E-state index contributed by atoms with van der Waals surface area (Å²) in [4.78, 5) is 10.9. The second-order valence-corrected chi connectivity index (χ2v) is 6.02. The smallest absolute Gasteiger partial charge is 0.330 e. The van der Waals surface area contributed by atoms with E-state index >= 15 is 0 Å². The Morgan fingerprint density at radius 2 is 1.80 bits per heavy atom. The molecule has 1 aromatic carbocycles. The molecule has 0 aromatic heterocycles. The Morgan fingerprint density at radius 3 is 2.48 bits per heavy atom. The van der Waals surface area contributed by atoms with E-state index in [0.29, 0.717) is 13.2 Å². The van der Waals surface area contributed by atoms with Gasteiger partial charge in [-0.1, -0.05) is 6.58 Å². The summed E-state index contributed by atoms with van der Waals surface area (Å²) in [7, 11) is 0. The molecule has 5 nitrogen and oxygen atoms in total. The van der Waals surface area contributed by atoms with Crippen LogP contribution in [0.5, 0.6) is 11.5 Å². The molecule has 1 atom stereocenters. The van der Waals surface area contributed by atoms with Gasteiger partial charge in [0, 0.05) is 12.5 Å². The zero-order valence-corrected chi connectivity index (χ0v) is 14.8. The third-order valence-electron chi connectivity index (χ3n) is 3.95. The number of hydrogen-bond acceptors (Lipinski definition) is 5. The summed E-state index contributed by atoms with van der Waals surface area (Å²) in [6, 6.07) is 7.68. The molecule has 0 saturated carbocycles. The highest BCUT2D eigenvalue weighted by atomic mass is 16.7. The van der Waals surface area contributed by atoms with Crippen molar-refractivity contribution < 1.29 is 23.7 Å². The van der Waals surface area contributed by atoms with Crippen molar-refractivity contribution in [2.24, 2.45) is 0 Å². The van der Waals surface area contributed by atoms with Gasteiger partial charge in [0.15, 0.2) is 6.29 Å². The molecule has 1 fully saturated rings. The van der Waals surface area contributed by atoms with Crippen molar-refractivity contribution in [2.45, 2.75) is 51.2 Å². The lowest BCUT2D eigenvalue weighted by atomic mass is 10.2. The van der Waals surface area contributed by atoms with Crippen molar-refractivity contribution in [3.05, 3.63) is 36.9 Å². The molecule has 1 unspecified atom stereocenters. The van der Waals surface area contributed by atoms with Crippen molar-refractivity contribution in [1.29, 1.82) is 0 Å². The summed E-state index contributed by atoms with van der Waals surface area (Å²) in [5.74, 6) is 1.30. The lowest BCUT2D eigenvalue weighted by molar-refractivity contribution is -0.137. The first-order chi connectivity index (χ1) is 12.3. The second-order valence-electron chi connectivity index (χ2n) is 6.02. The topological polar surface area (TPSA) is 54.0 Å². The molecular formula is C20H28O5. The Kier molecular flexibility index (Phi) is 8.91. The van der Waals surface area contributed by atoms with Crippen LogP contribution in [0.4, 0.5) is 0 Å². The summed E-state index contributed by atoms with van der Waals surface area (Å²) in [6.45, 7) is 5.27. The number of esters is 1. The molecule has 1 saturated heterocycles. The Balaban J connectivity index is 1.52. The quantitative estimate of drug-likeness (QED) is 0.340. The van der Waals surface area contributed by atoms with Crippen LogP contribution in [0, 0.1) is 0 Å². The predicted octanol–water partition coefficient (Wildman–Crippen LogP) is 4.26. The summed E-state index contributed by atoms with van der Waals surface area (Å²) < 4.78 is 22.0. The van der Waals surface area contributed by atoms with Crippen molar-refractivity contribution in [3.63, 3.8) is 0 Å². The molecule has 0 N–H and O–H groups in total. The molecule has 138 valence electrons. The number of carbonyl (C=O) groups is 1. The minimum atomic E-state index is -0.356. The van der Waals surface area contributed by atoms with Gasteiger partial charge in [-0.25, -0.2) is 4.79 Å². The lowest BCUT2D eigenvalue weighted by Crippen LogP contribution is -2.24. The Labute approximate surface area is 149 Å². The number of unbranched alkanes of at least 4 members (excludes halogenated alkanes) is 3. The van der Waals surface area contributed by atoms with Gasteiger partial charge in [-0.05, 0) is 62.8 Å². The molecule has 0 spiro atoms. The fourth-order valence-corrected chi connectivity index (χ4v) is 2.55. The number of ether oxygens (including phenoxy) is 4. The molecule has 0 aliphatic carbocycles. The number of hydrogen-bond donors (Lipinski definition) is 0. The van der Waals surface area contributed by atoms with E-state index in [0.717, 1.165) is 63.1 Å². The van der Waals surface area contributed by atoms with E-state index in [1.165, 1.54) is 6.08 Å². The van der Waals surface area contributed by atoms with E-state index < -0.39 is 0 Å². The average Bonchev–Trinajstić information content (AvgIpc) is 2.65. The standard InChI is InChI=1S/C20H28O5/c1-2-19(21)23-15-7-4-3-6-14-22-17-10-12-18(13-11-17)25-20-9-5-8-16-24-20/h2,10-13,20H,1,3-9,14-16H2. The van der Waals surface area contributed by atoms with Crippen LogP contribution in [-0.2, 0) is 14.3 Å². The van der Waals surface area contributed by atoms with Crippen LogP contribution in [0.15, 0.2) is 36.9 Å². The molecule has 1 heterocycles. The highest BCUT2D eigenvalue weighted by Gasteiger charge is 2.14. The Morgan fingerprint density at radius 1 is 1.08 bits per heavy atom. The monoisotopic (exact) mass is 348 g/mol. The van der Waals surface area contributed by atoms with Gasteiger partial charge in [0.2, 0.25) is 0 Å². The third-order valence-corrected chi connectivity index (χ3v) is 3.95. The maximum absolute atomic E-state index is 10.9. The van der Waals surface area contributed by atoms with Crippen LogP contribution in [0.2, 0.25) is 0 Å². The van der Waals surface area contributed by atoms with Crippen molar-refractivity contribution >= 4 is 5.97 Å². The summed E-state index contributed by atoms with van der Waals surface area (Å²) >= 11 is 0. The number of benzene rings is 1. The average molecular weight is 348 g/mol. The molecule has 1 aromatic rings. The van der Waals surface area contributed by atoms with E-state index in [-0.39, 0.29) is 12.3 Å². The van der Waals surface area contributed by atoms with Crippen LogP contribution in [-0.4, -0.2) is 32.1 Å². The van der Waals surface area contributed by atoms with Crippen molar-refractivity contribution in [1.82, 2.24) is 0 Å². The normalized spacial score (nSPS) is 16.9. The fraction of sp³-hybridized carbons (Fsp3) is 0.550. The van der Waals surface area contributed by atoms with E-state index in [4.69, 9.17) is 18.9 Å². The van der Waals surface area contributed by atoms with Gasteiger partial charge in [-0.15, -0.1) is 0 Å². The van der Waals surface area contributed by atoms with E-state index in [2.05, 4.69) is 6.58 Å². The van der Waals surface area contributed by atoms with E-state index in [9.17, 15) is 4.79 Å². The third kappa shape index (κ3) is 8.07. The molecule has 5 heteroatoms. The fourth-order valence-electron chi connectivity index (χ4n) is 2.55. The molecule has 1 aliphatic rings. The Hall–Kier alpha value is -2.01. The molecule has 25 heavy (non-hydrogen) atoms. The van der Waals surface area contributed by atoms with Crippen LogP contribution in [0.3, 0.4) is 0 Å². The van der Waals surface area contributed by atoms with Gasteiger partial charge in [0.1, 0.15) is 11.5 Å².